The monoisotopic (exact) mass is 315 g/mol. The molecule has 21 heavy (non-hydrogen) atoms. The average molecular weight is 315 g/mol. The van der Waals surface area contributed by atoms with Gasteiger partial charge in [-0.15, -0.1) is 0 Å². The van der Waals surface area contributed by atoms with Gasteiger partial charge in [-0.05, 0) is 25.5 Å². The second kappa shape index (κ2) is 7.40. The fraction of sp³-hybridized carbons (Fsp3) is 0.714. The van der Waals surface area contributed by atoms with Crippen molar-refractivity contribution in [1.29, 1.82) is 0 Å². The second-order valence-corrected chi connectivity index (χ2v) is 7.18. The van der Waals surface area contributed by atoms with E-state index in [9.17, 15) is 8.42 Å². The maximum absolute atomic E-state index is 12.7. The van der Waals surface area contributed by atoms with Gasteiger partial charge in [-0.25, -0.2) is 8.42 Å². The lowest BCUT2D eigenvalue weighted by Gasteiger charge is -2.33. The van der Waals surface area contributed by atoms with Crippen LogP contribution in [0.5, 0.6) is 0 Å². The van der Waals surface area contributed by atoms with Crippen LogP contribution in [0.3, 0.4) is 0 Å². The molecular formula is C14H25N3O3S. The van der Waals surface area contributed by atoms with Crippen LogP contribution < -0.4 is 5.32 Å². The zero-order chi connectivity index (χ0) is 15.3. The summed E-state index contributed by atoms with van der Waals surface area (Å²) in [6.45, 7) is 7.03. The molecule has 120 valence electrons. The fourth-order valence-corrected chi connectivity index (χ4v) is 4.17. The van der Waals surface area contributed by atoms with Gasteiger partial charge < -0.3 is 15.0 Å². The molecule has 2 heterocycles. The lowest BCUT2D eigenvalue weighted by molar-refractivity contribution is 0.0314. The number of morpholine rings is 1. The summed E-state index contributed by atoms with van der Waals surface area (Å²) in [5.41, 5.74) is 0.892. The first-order valence-corrected chi connectivity index (χ1v) is 9.01. The molecule has 0 saturated carbocycles. The minimum absolute atomic E-state index is 0.0692. The first-order chi connectivity index (χ1) is 10.1. The van der Waals surface area contributed by atoms with E-state index in [1.54, 1.807) is 16.6 Å². The largest absolute Gasteiger partial charge is 0.378 e. The van der Waals surface area contributed by atoms with E-state index in [0.717, 1.165) is 25.1 Å². The minimum Gasteiger partial charge on any atom is -0.378 e. The first kappa shape index (κ1) is 16.5. The number of nitrogens with one attached hydrogen (secondary N) is 2. The van der Waals surface area contributed by atoms with Crippen molar-refractivity contribution in [3.8, 4) is 0 Å². The summed E-state index contributed by atoms with van der Waals surface area (Å²) in [7, 11) is -3.44. The highest BCUT2D eigenvalue weighted by molar-refractivity contribution is 7.89. The molecule has 1 aliphatic rings. The maximum atomic E-state index is 12.7. The van der Waals surface area contributed by atoms with Crippen molar-refractivity contribution in [2.75, 3.05) is 26.3 Å². The Labute approximate surface area is 126 Å². The molecule has 1 saturated heterocycles. The molecule has 2 N–H and O–H groups in total. The van der Waals surface area contributed by atoms with E-state index in [1.807, 2.05) is 6.92 Å². The summed E-state index contributed by atoms with van der Waals surface area (Å²) < 4.78 is 32.4. The van der Waals surface area contributed by atoms with Gasteiger partial charge in [0.15, 0.2) is 0 Å². The minimum atomic E-state index is -3.44. The van der Waals surface area contributed by atoms with E-state index < -0.39 is 10.0 Å². The van der Waals surface area contributed by atoms with Crippen LogP contribution in [0, 0.1) is 0 Å². The van der Waals surface area contributed by atoms with E-state index >= 15 is 0 Å². The van der Waals surface area contributed by atoms with Gasteiger partial charge in [0.2, 0.25) is 10.0 Å². The highest BCUT2D eigenvalue weighted by atomic mass is 32.2. The Bertz CT molecular complexity index is 541. The molecule has 0 bridgehead atoms. The smallest absolute Gasteiger partial charge is 0.244 e. The molecule has 1 fully saturated rings. The zero-order valence-corrected chi connectivity index (χ0v) is 13.6. The van der Waals surface area contributed by atoms with Gasteiger partial charge >= 0.3 is 0 Å². The standard InChI is InChI=1S/C14H25N3O3S/c1-3-5-15-9-12-8-14(10-16-12)21(18,19)17-6-7-20-11-13(17)4-2/h8,10,13,15-16H,3-7,9,11H2,1-2H3. The lowest BCUT2D eigenvalue weighted by atomic mass is 10.2. The van der Waals surface area contributed by atoms with Gasteiger partial charge in [0.1, 0.15) is 0 Å². The third-order valence-corrected chi connectivity index (χ3v) is 5.64. The number of nitrogens with zero attached hydrogens (tertiary/aromatic N) is 1. The highest BCUT2D eigenvalue weighted by Crippen LogP contribution is 2.22. The third-order valence-electron chi connectivity index (χ3n) is 3.71. The van der Waals surface area contributed by atoms with Crippen molar-refractivity contribution >= 4 is 10.0 Å². The normalized spacial score (nSPS) is 20.8. The summed E-state index contributed by atoms with van der Waals surface area (Å²) in [6, 6.07) is 1.65. The first-order valence-electron chi connectivity index (χ1n) is 7.57. The lowest BCUT2D eigenvalue weighted by Crippen LogP contribution is -2.48. The van der Waals surface area contributed by atoms with Crippen LogP contribution in [-0.4, -0.2) is 50.1 Å². The van der Waals surface area contributed by atoms with Crippen LogP contribution in [0.4, 0.5) is 0 Å². The van der Waals surface area contributed by atoms with Gasteiger partial charge in [-0.2, -0.15) is 4.31 Å². The van der Waals surface area contributed by atoms with E-state index in [0.29, 0.717) is 31.2 Å². The Hall–Kier alpha value is -0.890. The average Bonchev–Trinajstić information content (AvgIpc) is 2.97. The maximum Gasteiger partial charge on any atom is 0.244 e. The molecule has 1 aliphatic heterocycles. The molecular weight excluding hydrogens is 290 g/mol. The summed E-state index contributed by atoms with van der Waals surface area (Å²) in [5, 5.41) is 3.26. The van der Waals surface area contributed by atoms with Crippen LogP contribution in [-0.2, 0) is 21.3 Å². The summed E-state index contributed by atoms with van der Waals surface area (Å²) >= 11 is 0. The van der Waals surface area contributed by atoms with Gasteiger partial charge in [0.05, 0.1) is 18.1 Å². The zero-order valence-electron chi connectivity index (χ0n) is 12.8. The Balaban J connectivity index is 2.11. The van der Waals surface area contributed by atoms with Crippen molar-refractivity contribution in [3.05, 3.63) is 18.0 Å². The molecule has 0 aromatic carbocycles. The number of hydrogen-bond acceptors (Lipinski definition) is 4. The quantitative estimate of drug-likeness (QED) is 0.744. The van der Waals surface area contributed by atoms with Gasteiger partial charge in [0.25, 0.3) is 0 Å². The number of sulfonamides is 1. The van der Waals surface area contributed by atoms with Crippen molar-refractivity contribution in [2.24, 2.45) is 0 Å². The number of aromatic amines is 1. The Morgan fingerprint density at radius 3 is 3.00 bits per heavy atom. The Morgan fingerprint density at radius 2 is 2.29 bits per heavy atom. The van der Waals surface area contributed by atoms with Crippen LogP contribution in [0.25, 0.3) is 0 Å². The predicted octanol–water partition coefficient (Wildman–Crippen LogP) is 1.31. The molecule has 1 aromatic rings. The molecule has 6 nitrogen and oxygen atoms in total. The van der Waals surface area contributed by atoms with E-state index in [-0.39, 0.29) is 6.04 Å². The van der Waals surface area contributed by atoms with Gasteiger partial charge in [-0.1, -0.05) is 13.8 Å². The molecule has 1 aromatic heterocycles. The summed E-state index contributed by atoms with van der Waals surface area (Å²) in [4.78, 5) is 3.39. The third kappa shape index (κ3) is 3.85. The SMILES string of the molecule is CCCNCc1cc(S(=O)(=O)N2CCOCC2CC)c[nH]1. The van der Waals surface area contributed by atoms with Gasteiger partial charge in [-0.3, -0.25) is 0 Å². The summed E-state index contributed by atoms with van der Waals surface area (Å²) in [6.07, 6.45) is 3.40. The van der Waals surface area contributed by atoms with Crippen molar-refractivity contribution < 1.29 is 13.2 Å². The highest BCUT2D eigenvalue weighted by Gasteiger charge is 2.33. The molecule has 1 unspecified atom stereocenters. The molecule has 0 radical (unpaired) electrons. The predicted molar refractivity (Wildman–Crippen MR) is 81.6 cm³/mol. The second-order valence-electron chi connectivity index (χ2n) is 5.29. The Morgan fingerprint density at radius 1 is 1.48 bits per heavy atom. The Kier molecular flexibility index (Phi) is 5.80. The topological polar surface area (TPSA) is 74.4 Å². The van der Waals surface area contributed by atoms with Crippen LogP contribution >= 0.6 is 0 Å². The molecule has 0 aliphatic carbocycles. The molecule has 1 atom stereocenters. The molecule has 7 heteroatoms. The molecule has 0 amide bonds. The van der Waals surface area contributed by atoms with Crippen molar-refractivity contribution in [2.45, 2.75) is 44.2 Å². The number of ether oxygens (including phenoxy) is 1. The van der Waals surface area contributed by atoms with Crippen LogP contribution in [0.15, 0.2) is 17.2 Å². The number of aromatic nitrogens is 1. The van der Waals surface area contributed by atoms with Crippen LogP contribution in [0.1, 0.15) is 32.4 Å². The number of H-pyrrole nitrogens is 1. The van der Waals surface area contributed by atoms with E-state index in [4.69, 9.17) is 4.74 Å². The van der Waals surface area contributed by atoms with Crippen molar-refractivity contribution in [3.63, 3.8) is 0 Å². The van der Waals surface area contributed by atoms with Crippen LogP contribution in [0.2, 0.25) is 0 Å². The molecule has 0 spiro atoms. The summed E-state index contributed by atoms with van der Waals surface area (Å²) in [5.74, 6) is 0. The van der Waals surface area contributed by atoms with Crippen molar-refractivity contribution in [1.82, 2.24) is 14.6 Å². The van der Waals surface area contributed by atoms with E-state index in [1.165, 1.54) is 0 Å². The fourth-order valence-electron chi connectivity index (χ4n) is 2.48. The number of hydrogen-bond donors (Lipinski definition) is 2. The van der Waals surface area contributed by atoms with Gasteiger partial charge in [0, 0.05) is 31.0 Å². The molecule has 2 rings (SSSR count). The number of rotatable bonds is 7. The van der Waals surface area contributed by atoms with E-state index in [2.05, 4.69) is 17.2 Å².